The van der Waals surface area contributed by atoms with E-state index in [2.05, 4.69) is 138 Å². The van der Waals surface area contributed by atoms with Gasteiger partial charge < -0.3 is 42.4 Å². The summed E-state index contributed by atoms with van der Waals surface area (Å²) in [5.41, 5.74) is 0. The van der Waals surface area contributed by atoms with Crippen LogP contribution < -0.4 is 0 Å². The summed E-state index contributed by atoms with van der Waals surface area (Å²) in [6, 6.07) is 4.54. The maximum absolute atomic E-state index is 7.53. The average molecular weight is 954 g/mol. The van der Waals surface area contributed by atoms with E-state index in [1.54, 1.807) is 7.11 Å². The minimum absolute atomic E-state index is 0.577. The Morgan fingerprint density at radius 2 is 0.691 bits per heavy atom. The van der Waals surface area contributed by atoms with E-state index in [4.69, 9.17) is 42.4 Å². The van der Waals surface area contributed by atoms with E-state index in [-0.39, 0.29) is 0 Å². The third-order valence-electron chi connectivity index (χ3n) is 8.58. The van der Waals surface area contributed by atoms with Gasteiger partial charge in [-0.3, -0.25) is 0 Å². The summed E-state index contributed by atoms with van der Waals surface area (Å²) in [4.78, 5) is 0. The molecule has 0 aromatic heterocycles. The van der Waals surface area contributed by atoms with Crippen LogP contribution in [0.15, 0.2) is 0 Å². The lowest BCUT2D eigenvalue weighted by Crippen LogP contribution is -2.62. The van der Waals surface area contributed by atoms with Crippen molar-refractivity contribution in [2.45, 2.75) is 201 Å². The molecule has 0 aliphatic heterocycles. The molecular weight excluding hydrogens is 861 g/mol. The lowest BCUT2D eigenvalue weighted by atomic mass is 10.4. The Kier molecular flexibility index (Phi) is 24.0. The number of hydrogen-bond donors (Lipinski definition) is 0. The summed E-state index contributed by atoms with van der Waals surface area (Å²) in [6.45, 7) is 49.2. The van der Waals surface area contributed by atoms with Crippen LogP contribution in [0.5, 0.6) is 0 Å². The van der Waals surface area contributed by atoms with Gasteiger partial charge in [-0.15, -0.1) is 0 Å². The van der Waals surface area contributed by atoms with E-state index in [1.165, 1.54) is 25.7 Å². The summed E-state index contributed by atoms with van der Waals surface area (Å²) in [5.74, 6) is 0. The SMILES string of the molecule is CCCC[Si](C)(C)O[Si](C)(C)O[Si](C)(CC[Si](C)(O[Si](C)(C)C)O[Si](C)(CCCOCCOC)O[Si](C)(C)O[Si](C)(C)C)O[Si](C)(C)O[Si](C)(C)CCCC. The van der Waals surface area contributed by atoms with Crippen molar-refractivity contribution < 1.29 is 42.4 Å². The molecule has 0 aliphatic carbocycles. The summed E-state index contributed by atoms with van der Waals surface area (Å²) >= 11 is 0. The number of ether oxygens (including phenoxy) is 2. The molecule has 10 nitrogen and oxygen atoms in total. The quantitative estimate of drug-likeness (QED) is 0.0479. The van der Waals surface area contributed by atoms with Crippen LogP contribution in [0, 0.1) is 0 Å². The highest BCUT2D eigenvalue weighted by atomic mass is 28.5. The zero-order chi connectivity index (χ0) is 43.3. The molecule has 0 fully saturated rings. The van der Waals surface area contributed by atoms with Gasteiger partial charge in [0.15, 0.2) is 33.3 Å². The van der Waals surface area contributed by atoms with Crippen LogP contribution in [0.1, 0.15) is 46.0 Å². The van der Waals surface area contributed by atoms with Crippen molar-refractivity contribution in [3.05, 3.63) is 0 Å². The molecule has 2 unspecified atom stereocenters. The van der Waals surface area contributed by atoms with E-state index < -0.39 is 84.6 Å². The third kappa shape index (κ3) is 28.1. The fourth-order valence-corrected chi connectivity index (χ4v) is 58.9. The number of unbranched alkanes of at least 4 members (excludes halogenated alkanes) is 2. The summed E-state index contributed by atoms with van der Waals surface area (Å²) in [7, 11) is -22.5. The van der Waals surface area contributed by atoms with Gasteiger partial charge in [0.1, 0.15) is 0 Å². The maximum Gasteiger partial charge on any atom is 0.317 e. The monoisotopic (exact) mass is 952 g/mol. The van der Waals surface area contributed by atoms with E-state index >= 15 is 0 Å². The van der Waals surface area contributed by atoms with Crippen LogP contribution in [0.2, 0.25) is 155 Å². The molecule has 0 N–H and O–H groups in total. The first-order valence-corrected chi connectivity index (χ1v) is 50.3. The van der Waals surface area contributed by atoms with E-state index in [0.717, 1.165) is 36.6 Å². The summed E-state index contributed by atoms with van der Waals surface area (Å²) < 4.78 is 68.7. The third-order valence-corrected chi connectivity index (χ3v) is 47.3. The molecule has 0 aromatic rings. The minimum Gasteiger partial charge on any atom is -0.437 e. The Bertz CT molecular complexity index is 1050. The second-order valence-corrected chi connectivity index (χ2v) is 60.3. The molecule has 0 rings (SSSR count). The topological polar surface area (TPSA) is 92.3 Å². The molecule has 0 saturated heterocycles. The van der Waals surface area contributed by atoms with Crippen LogP contribution >= 0.6 is 0 Å². The normalized spacial score (nSPS) is 16.7. The van der Waals surface area contributed by atoms with Crippen LogP contribution in [0.25, 0.3) is 0 Å². The molecule has 0 spiro atoms. The van der Waals surface area contributed by atoms with Gasteiger partial charge in [0, 0.05) is 13.7 Å². The van der Waals surface area contributed by atoms with Gasteiger partial charge >= 0.3 is 51.4 Å². The average Bonchev–Trinajstić information content (AvgIpc) is 2.91. The zero-order valence-electron chi connectivity index (χ0n) is 40.3. The minimum atomic E-state index is -2.93. The Labute approximate surface area is 352 Å². The molecule has 0 heterocycles. The smallest absolute Gasteiger partial charge is 0.317 e. The predicted molar refractivity (Wildman–Crippen MR) is 259 cm³/mol. The second-order valence-electron chi connectivity index (χ2n) is 20.6. The first-order chi connectivity index (χ1) is 24.5. The number of hydrogen-bond acceptors (Lipinski definition) is 10. The van der Waals surface area contributed by atoms with Gasteiger partial charge in [0.2, 0.25) is 0 Å². The van der Waals surface area contributed by atoms with Gasteiger partial charge in [-0.2, -0.15) is 0 Å². The Morgan fingerprint density at radius 3 is 1.05 bits per heavy atom. The number of methoxy groups -OCH3 is 1. The molecule has 55 heavy (non-hydrogen) atoms. The molecule has 0 radical (unpaired) electrons. The van der Waals surface area contributed by atoms with Crippen molar-refractivity contribution in [2.24, 2.45) is 0 Å². The van der Waals surface area contributed by atoms with Crippen LogP contribution in [0.4, 0.5) is 0 Å². The molecule has 0 saturated carbocycles. The van der Waals surface area contributed by atoms with E-state index in [0.29, 0.717) is 19.8 Å². The molecule has 0 aliphatic rings. The highest BCUT2D eigenvalue weighted by Gasteiger charge is 2.53. The Hall–Kier alpha value is 1.77. The fraction of sp³-hybridized carbons (Fsp3) is 1.00. The largest absolute Gasteiger partial charge is 0.437 e. The summed E-state index contributed by atoms with van der Waals surface area (Å²) in [6.07, 6.45) is 5.54. The van der Waals surface area contributed by atoms with Crippen molar-refractivity contribution in [1.29, 1.82) is 0 Å². The van der Waals surface area contributed by atoms with Gasteiger partial charge in [-0.25, -0.2) is 0 Å². The molecule has 0 bridgehead atoms. The van der Waals surface area contributed by atoms with Crippen molar-refractivity contribution in [3.63, 3.8) is 0 Å². The van der Waals surface area contributed by atoms with Crippen molar-refractivity contribution in [1.82, 2.24) is 0 Å². The maximum atomic E-state index is 7.53. The first kappa shape index (κ1) is 56.8. The standard InChI is InChI=1S/C35H92O10Si10/c1-23-25-31-48(10,11)40-51(16,17)43-55(22,44-52(18,19)41-49(12,13)32-26-24-2)35-34-54(21,39-47(7,8)9)45-53(20,33-27-28-37-30-29-36-3)42-50(14,15)38-46(4,5)6/h23-35H2,1-22H3. The highest BCUT2D eigenvalue weighted by molar-refractivity contribution is 6.93. The lowest BCUT2D eigenvalue weighted by molar-refractivity contribution is 0.0702. The van der Waals surface area contributed by atoms with E-state index in [1.807, 2.05) is 0 Å². The Balaban J connectivity index is 6.94. The molecule has 2 atom stereocenters. The Morgan fingerprint density at radius 1 is 0.327 bits per heavy atom. The fourth-order valence-electron chi connectivity index (χ4n) is 7.66. The van der Waals surface area contributed by atoms with E-state index in [9.17, 15) is 0 Å². The van der Waals surface area contributed by atoms with Gasteiger partial charge in [-0.05, 0) is 161 Å². The molecule has 0 amide bonds. The lowest BCUT2D eigenvalue weighted by Gasteiger charge is -2.46. The van der Waals surface area contributed by atoms with Gasteiger partial charge in [-0.1, -0.05) is 39.5 Å². The molecule has 0 aromatic carbocycles. The van der Waals surface area contributed by atoms with Gasteiger partial charge in [0.05, 0.1) is 13.2 Å². The van der Waals surface area contributed by atoms with Crippen molar-refractivity contribution >= 4 is 84.6 Å². The van der Waals surface area contributed by atoms with Crippen LogP contribution in [-0.4, -0.2) is 112 Å². The first-order valence-electron chi connectivity index (χ1n) is 21.2. The summed E-state index contributed by atoms with van der Waals surface area (Å²) in [5, 5.41) is 0. The second kappa shape index (κ2) is 23.3. The highest BCUT2D eigenvalue weighted by Crippen LogP contribution is 2.37. The van der Waals surface area contributed by atoms with Crippen molar-refractivity contribution in [3.8, 4) is 0 Å². The molecular formula is C35H92O10Si10. The van der Waals surface area contributed by atoms with Crippen molar-refractivity contribution in [2.75, 3.05) is 26.9 Å². The van der Waals surface area contributed by atoms with Crippen LogP contribution in [-0.2, 0) is 42.4 Å². The molecule has 20 heteroatoms. The predicted octanol–water partition coefficient (Wildman–Crippen LogP) is 12.2. The molecule has 332 valence electrons. The van der Waals surface area contributed by atoms with Crippen LogP contribution in [0.3, 0.4) is 0 Å². The number of rotatable bonds is 32. The van der Waals surface area contributed by atoms with Gasteiger partial charge in [0.25, 0.3) is 0 Å². The zero-order valence-corrected chi connectivity index (χ0v) is 50.3.